The lowest BCUT2D eigenvalue weighted by molar-refractivity contribution is 0.186. The Morgan fingerprint density at radius 2 is 2.67 bits per heavy atom. The van der Waals surface area contributed by atoms with Crippen molar-refractivity contribution < 1.29 is 9.84 Å². The van der Waals surface area contributed by atoms with Gasteiger partial charge in [0.05, 0.1) is 10.4 Å². The number of aromatic hydroxyl groups is 1. The molecule has 0 spiro atoms. The van der Waals surface area contributed by atoms with Crippen molar-refractivity contribution in [2.45, 2.75) is 12.8 Å². The van der Waals surface area contributed by atoms with Gasteiger partial charge in [0.1, 0.15) is 0 Å². The highest BCUT2D eigenvalue weighted by molar-refractivity contribution is 7.09. The van der Waals surface area contributed by atoms with Crippen LogP contribution < -0.4 is 0 Å². The molecule has 1 atom stereocenters. The third-order valence-electron chi connectivity index (χ3n) is 2.03. The van der Waals surface area contributed by atoms with E-state index in [-0.39, 0.29) is 5.88 Å². The summed E-state index contributed by atoms with van der Waals surface area (Å²) in [6, 6.07) is 0. The summed E-state index contributed by atoms with van der Waals surface area (Å²) in [6.07, 6.45) is 2.07. The van der Waals surface area contributed by atoms with Gasteiger partial charge in [0, 0.05) is 19.6 Å². The Morgan fingerprint density at radius 1 is 1.75 bits per heavy atom. The second-order valence-electron chi connectivity index (χ2n) is 3.03. The zero-order chi connectivity index (χ0) is 8.39. The second kappa shape index (κ2) is 3.41. The minimum atomic E-state index is 0.147. The number of ether oxygens (including phenoxy) is 1. The first-order valence-electron chi connectivity index (χ1n) is 4.05. The van der Waals surface area contributed by atoms with Crippen molar-refractivity contribution >= 4 is 11.3 Å². The molecule has 1 aromatic heterocycles. The average molecular weight is 185 g/mol. The lowest BCUT2D eigenvalue weighted by Crippen LogP contribution is -2.02. The second-order valence-corrected chi connectivity index (χ2v) is 3.98. The van der Waals surface area contributed by atoms with Crippen LogP contribution in [0.15, 0.2) is 5.38 Å². The van der Waals surface area contributed by atoms with Crippen LogP contribution in [-0.2, 0) is 11.2 Å². The summed E-state index contributed by atoms with van der Waals surface area (Å²) in [6.45, 7) is 1.72. The first kappa shape index (κ1) is 8.01. The van der Waals surface area contributed by atoms with Crippen molar-refractivity contribution in [3.63, 3.8) is 0 Å². The summed E-state index contributed by atoms with van der Waals surface area (Å²) in [5.74, 6) is 0.754. The normalized spacial score (nSPS) is 23.2. The molecule has 2 heterocycles. The van der Waals surface area contributed by atoms with Gasteiger partial charge in [0.25, 0.3) is 0 Å². The summed E-state index contributed by atoms with van der Waals surface area (Å²) in [5.41, 5.74) is 0. The predicted molar refractivity (Wildman–Crippen MR) is 46.4 cm³/mol. The molecule has 0 amide bonds. The molecule has 1 saturated heterocycles. The molecule has 0 bridgehead atoms. The molecule has 66 valence electrons. The first-order valence-corrected chi connectivity index (χ1v) is 4.93. The predicted octanol–water partition coefficient (Wildman–Crippen LogP) is 1.43. The molecule has 2 rings (SSSR count). The monoisotopic (exact) mass is 185 g/mol. The zero-order valence-electron chi connectivity index (χ0n) is 6.69. The minimum absolute atomic E-state index is 0.147. The van der Waals surface area contributed by atoms with Gasteiger partial charge in [-0.3, -0.25) is 0 Å². The summed E-state index contributed by atoms with van der Waals surface area (Å²) in [4.78, 5) is 3.99. The molecular formula is C8H11NO2S. The molecule has 1 aliphatic rings. The van der Waals surface area contributed by atoms with Gasteiger partial charge in [-0.05, 0) is 12.3 Å². The molecule has 0 saturated carbocycles. The summed E-state index contributed by atoms with van der Waals surface area (Å²) >= 11 is 1.52. The van der Waals surface area contributed by atoms with Gasteiger partial charge < -0.3 is 9.84 Å². The van der Waals surface area contributed by atoms with Crippen LogP contribution in [-0.4, -0.2) is 23.3 Å². The third kappa shape index (κ3) is 1.76. The van der Waals surface area contributed by atoms with E-state index in [1.165, 1.54) is 11.3 Å². The Kier molecular flexibility index (Phi) is 2.28. The maximum atomic E-state index is 9.00. The standard InChI is InChI=1S/C8H11NO2S/c10-7-5-12-8(9-7)3-6-1-2-11-4-6/h5-6,10H,1-4H2. The lowest BCUT2D eigenvalue weighted by Gasteiger charge is -2.02. The Morgan fingerprint density at radius 3 is 3.25 bits per heavy atom. The fourth-order valence-corrected chi connectivity index (χ4v) is 2.16. The summed E-state index contributed by atoms with van der Waals surface area (Å²) in [5, 5.41) is 11.7. The fraction of sp³-hybridized carbons (Fsp3) is 0.625. The molecule has 1 fully saturated rings. The smallest absolute Gasteiger partial charge is 0.222 e. The quantitative estimate of drug-likeness (QED) is 0.757. The number of aromatic nitrogens is 1. The van der Waals surface area contributed by atoms with Crippen LogP contribution in [0.4, 0.5) is 0 Å². The molecule has 0 radical (unpaired) electrons. The van der Waals surface area contributed by atoms with Gasteiger partial charge in [-0.1, -0.05) is 0 Å². The van der Waals surface area contributed by atoms with Crippen LogP contribution in [0.5, 0.6) is 5.88 Å². The van der Waals surface area contributed by atoms with E-state index in [0.29, 0.717) is 5.92 Å². The van der Waals surface area contributed by atoms with Gasteiger partial charge >= 0.3 is 0 Å². The molecule has 1 aliphatic heterocycles. The highest BCUT2D eigenvalue weighted by atomic mass is 32.1. The Balaban J connectivity index is 1.94. The van der Waals surface area contributed by atoms with Crippen molar-refractivity contribution in [1.82, 2.24) is 4.98 Å². The molecule has 1 N–H and O–H groups in total. The van der Waals surface area contributed by atoms with Crippen LogP contribution in [0.1, 0.15) is 11.4 Å². The van der Waals surface area contributed by atoms with Crippen LogP contribution >= 0.6 is 11.3 Å². The Bertz CT molecular complexity index is 255. The molecular weight excluding hydrogens is 174 g/mol. The molecule has 0 aromatic carbocycles. The van der Waals surface area contributed by atoms with Crippen molar-refractivity contribution in [2.75, 3.05) is 13.2 Å². The van der Waals surface area contributed by atoms with Gasteiger partial charge in [-0.25, -0.2) is 4.98 Å². The van der Waals surface area contributed by atoms with Gasteiger partial charge in [-0.15, -0.1) is 11.3 Å². The van der Waals surface area contributed by atoms with E-state index in [9.17, 15) is 0 Å². The van der Waals surface area contributed by atoms with Crippen LogP contribution in [0.2, 0.25) is 0 Å². The van der Waals surface area contributed by atoms with E-state index >= 15 is 0 Å². The van der Waals surface area contributed by atoms with Gasteiger partial charge in [0.2, 0.25) is 5.88 Å². The number of hydrogen-bond donors (Lipinski definition) is 1. The molecule has 4 heteroatoms. The number of hydrogen-bond acceptors (Lipinski definition) is 4. The molecule has 3 nitrogen and oxygen atoms in total. The fourth-order valence-electron chi connectivity index (χ4n) is 1.39. The van der Waals surface area contributed by atoms with Crippen LogP contribution in [0.25, 0.3) is 0 Å². The number of nitrogens with zero attached hydrogens (tertiary/aromatic N) is 1. The summed E-state index contributed by atoms with van der Waals surface area (Å²) in [7, 11) is 0. The van der Waals surface area contributed by atoms with Crippen LogP contribution in [0.3, 0.4) is 0 Å². The van der Waals surface area contributed by atoms with E-state index < -0.39 is 0 Å². The van der Waals surface area contributed by atoms with E-state index in [0.717, 1.165) is 31.1 Å². The average Bonchev–Trinajstić information content (AvgIpc) is 2.63. The van der Waals surface area contributed by atoms with Crippen molar-refractivity contribution in [3.05, 3.63) is 10.4 Å². The SMILES string of the molecule is Oc1csc(CC2CCOC2)n1. The molecule has 1 unspecified atom stereocenters. The van der Waals surface area contributed by atoms with E-state index in [2.05, 4.69) is 4.98 Å². The van der Waals surface area contributed by atoms with Gasteiger partial charge in [0.15, 0.2) is 0 Å². The van der Waals surface area contributed by atoms with E-state index in [1.807, 2.05) is 0 Å². The highest BCUT2D eigenvalue weighted by Gasteiger charge is 2.17. The molecule has 12 heavy (non-hydrogen) atoms. The highest BCUT2D eigenvalue weighted by Crippen LogP contribution is 2.22. The van der Waals surface area contributed by atoms with Crippen molar-refractivity contribution in [3.8, 4) is 5.88 Å². The van der Waals surface area contributed by atoms with E-state index in [4.69, 9.17) is 9.84 Å². The maximum Gasteiger partial charge on any atom is 0.222 e. The maximum absolute atomic E-state index is 9.00. The van der Waals surface area contributed by atoms with E-state index in [1.54, 1.807) is 5.38 Å². The topological polar surface area (TPSA) is 42.4 Å². The number of thiazole rings is 1. The van der Waals surface area contributed by atoms with Gasteiger partial charge in [-0.2, -0.15) is 0 Å². The van der Waals surface area contributed by atoms with Crippen LogP contribution in [0, 0.1) is 5.92 Å². The first-order chi connectivity index (χ1) is 5.84. The molecule has 1 aromatic rings. The minimum Gasteiger partial charge on any atom is -0.493 e. The number of rotatable bonds is 2. The molecule has 0 aliphatic carbocycles. The largest absolute Gasteiger partial charge is 0.493 e. The third-order valence-corrected chi connectivity index (χ3v) is 2.89. The Labute approximate surface area is 75.0 Å². The van der Waals surface area contributed by atoms with Crippen molar-refractivity contribution in [1.29, 1.82) is 0 Å². The Hall–Kier alpha value is -0.610. The summed E-state index contributed by atoms with van der Waals surface area (Å²) < 4.78 is 5.25. The lowest BCUT2D eigenvalue weighted by atomic mass is 10.1. The zero-order valence-corrected chi connectivity index (χ0v) is 7.51. The van der Waals surface area contributed by atoms with Crippen molar-refractivity contribution in [2.24, 2.45) is 5.92 Å².